The van der Waals surface area contributed by atoms with E-state index in [1.807, 2.05) is 6.92 Å². The molecule has 1 fully saturated rings. The van der Waals surface area contributed by atoms with Crippen molar-refractivity contribution in [3.63, 3.8) is 0 Å². The molecule has 0 bridgehead atoms. The average Bonchev–Trinajstić information content (AvgIpc) is 3.44. The predicted molar refractivity (Wildman–Crippen MR) is 206 cm³/mol. The number of allylic oxidation sites excluding steroid dienone is 8. The molecule has 0 aromatic rings. The fourth-order valence-electron chi connectivity index (χ4n) is 6.31. The van der Waals surface area contributed by atoms with Crippen LogP contribution in [0.5, 0.6) is 0 Å². The lowest BCUT2D eigenvalue weighted by atomic mass is 10.1. The number of aliphatic hydroxyl groups is 1. The molecule has 0 saturated carbocycles. The van der Waals surface area contributed by atoms with Gasteiger partial charge in [0.2, 0.25) is 0 Å². The number of rotatable bonds is 34. The van der Waals surface area contributed by atoms with Crippen molar-refractivity contribution in [3.05, 3.63) is 48.6 Å². The van der Waals surface area contributed by atoms with E-state index in [1.54, 1.807) is 0 Å². The van der Waals surface area contributed by atoms with Crippen LogP contribution in [0.1, 0.15) is 175 Å². The molecule has 1 N–H and O–H groups in total. The second-order valence-corrected chi connectivity index (χ2v) is 14.1. The molecule has 1 aliphatic rings. The molecule has 47 heavy (non-hydrogen) atoms. The molecule has 0 amide bonds. The third kappa shape index (κ3) is 29.4. The summed E-state index contributed by atoms with van der Waals surface area (Å²) in [5, 5.41) is 9.91. The number of aliphatic hydroxyl groups excluding tert-OH is 1. The third-order valence-electron chi connectivity index (χ3n) is 9.17. The van der Waals surface area contributed by atoms with Crippen molar-refractivity contribution < 1.29 is 14.6 Å². The van der Waals surface area contributed by atoms with Crippen LogP contribution in [0.2, 0.25) is 0 Å². The first-order chi connectivity index (χ1) is 23.2. The number of ether oxygens (including phenoxy) is 2. The summed E-state index contributed by atoms with van der Waals surface area (Å²) in [5.41, 5.74) is 0. The molecule has 0 radical (unpaired) electrons. The smallest absolute Gasteiger partial charge is 0.0975 e. The first-order valence-corrected chi connectivity index (χ1v) is 20.4. The van der Waals surface area contributed by atoms with Crippen molar-refractivity contribution in [2.45, 2.75) is 193 Å². The van der Waals surface area contributed by atoms with Crippen LogP contribution < -0.4 is 0 Å². The van der Waals surface area contributed by atoms with Gasteiger partial charge in [-0.05, 0) is 84.0 Å². The van der Waals surface area contributed by atoms with Crippen LogP contribution in [0.4, 0.5) is 0 Å². The van der Waals surface area contributed by atoms with Gasteiger partial charge in [-0.3, -0.25) is 4.90 Å². The molecule has 0 aromatic heterocycles. The van der Waals surface area contributed by atoms with Gasteiger partial charge in [-0.25, -0.2) is 0 Å². The topological polar surface area (TPSA) is 41.9 Å². The second kappa shape index (κ2) is 34.7. The van der Waals surface area contributed by atoms with Gasteiger partial charge in [0.05, 0.1) is 18.3 Å². The molecular weight excluding hydrogens is 578 g/mol. The molecule has 1 heterocycles. The maximum absolute atomic E-state index is 9.91. The van der Waals surface area contributed by atoms with Crippen molar-refractivity contribution >= 4 is 0 Å². The summed E-state index contributed by atoms with van der Waals surface area (Å²) in [6, 6.07) is 0. The van der Waals surface area contributed by atoms with Gasteiger partial charge in [0.1, 0.15) is 0 Å². The van der Waals surface area contributed by atoms with Crippen molar-refractivity contribution in [2.24, 2.45) is 0 Å². The van der Waals surface area contributed by atoms with Crippen LogP contribution in [-0.2, 0) is 9.47 Å². The Morgan fingerprint density at radius 2 is 0.851 bits per heavy atom. The maximum Gasteiger partial charge on any atom is 0.0975 e. The Bertz CT molecular complexity index is 700. The summed E-state index contributed by atoms with van der Waals surface area (Å²) in [6.07, 6.45) is 49.0. The summed E-state index contributed by atoms with van der Waals surface area (Å²) in [5.74, 6) is 0. The minimum absolute atomic E-state index is 0.135. The summed E-state index contributed by atoms with van der Waals surface area (Å²) in [7, 11) is 0. The molecule has 3 atom stereocenters. The first kappa shape index (κ1) is 43.8. The van der Waals surface area contributed by atoms with E-state index in [1.165, 1.54) is 128 Å². The highest BCUT2D eigenvalue weighted by Crippen LogP contribution is 2.19. The second-order valence-electron chi connectivity index (χ2n) is 14.1. The van der Waals surface area contributed by atoms with E-state index in [-0.39, 0.29) is 18.3 Å². The van der Waals surface area contributed by atoms with E-state index >= 15 is 0 Å². The molecule has 1 rings (SSSR count). The largest absolute Gasteiger partial charge is 0.392 e. The SMILES string of the molecule is CCCCCC=CCC=CCCCCCCCCOC1CN(CC(C)O)C[C@H]1OCCCCCCCCC=CCC=CCCCCC. The monoisotopic (exact) mass is 658 g/mol. The summed E-state index contributed by atoms with van der Waals surface area (Å²) < 4.78 is 12.7. The highest BCUT2D eigenvalue weighted by molar-refractivity contribution is 4.93. The third-order valence-corrected chi connectivity index (χ3v) is 9.17. The summed E-state index contributed by atoms with van der Waals surface area (Å²) in [4.78, 5) is 2.32. The van der Waals surface area contributed by atoms with E-state index in [4.69, 9.17) is 9.47 Å². The van der Waals surface area contributed by atoms with Crippen LogP contribution in [0.15, 0.2) is 48.6 Å². The van der Waals surface area contributed by atoms with Crippen LogP contribution in [-0.4, -0.2) is 61.2 Å². The van der Waals surface area contributed by atoms with Gasteiger partial charge in [0, 0.05) is 32.8 Å². The van der Waals surface area contributed by atoms with Crippen LogP contribution >= 0.6 is 0 Å². The lowest BCUT2D eigenvalue weighted by molar-refractivity contribution is -0.0481. The zero-order valence-electron chi connectivity index (χ0n) is 31.6. The van der Waals surface area contributed by atoms with E-state index in [9.17, 15) is 5.11 Å². The minimum atomic E-state index is -0.310. The summed E-state index contributed by atoms with van der Waals surface area (Å²) >= 11 is 0. The van der Waals surface area contributed by atoms with E-state index < -0.39 is 0 Å². The molecule has 1 saturated heterocycles. The standard InChI is InChI=1S/C43H79NO3/c1-4-6-8-10-12-14-16-18-20-22-24-26-28-30-32-34-36-46-42-39-44(38-41(3)45)40-43(42)47-37-35-33-31-29-27-25-23-21-19-17-15-13-11-9-7-5-2/h12-15,18-21,41-43,45H,4-11,16-17,22-40H2,1-3H3/t41?,42-,43?/m1/s1. The number of nitrogens with zero attached hydrogens (tertiary/aromatic N) is 1. The minimum Gasteiger partial charge on any atom is -0.392 e. The van der Waals surface area contributed by atoms with E-state index in [2.05, 4.69) is 67.4 Å². The zero-order valence-corrected chi connectivity index (χ0v) is 31.6. The Balaban J connectivity index is 2.04. The fraction of sp³-hybridized carbons (Fsp3) is 0.814. The van der Waals surface area contributed by atoms with Crippen molar-refractivity contribution in [3.8, 4) is 0 Å². The molecule has 2 unspecified atom stereocenters. The molecule has 4 nitrogen and oxygen atoms in total. The molecular formula is C43H79NO3. The van der Waals surface area contributed by atoms with Gasteiger partial charge in [-0.1, -0.05) is 140 Å². The Morgan fingerprint density at radius 3 is 1.21 bits per heavy atom. The number of unbranched alkanes of at least 4 members (excludes halogenated alkanes) is 18. The lowest BCUT2D eigenvalue weighted by Gasteiger charge is -2.20. The van der Waals surface area contributed by atoms with Gasteiger partial charge < -0.3 is 14.6 Å². The molecule has 0 spiro atoms. The molecule has 0 aromatic carbocycles. The predicted octanol–water partition coefficient (Wildman–Crippen LogP) is 12.1. The molecule has 4 heteroatoms. The van der Waals surface area contributed by atoms with Gasteiger partial charge in [0.25, 0.3) is 0 Å². The number of likely N-dealkylation sites (tertiary alicyclic amines) is 1. The fourth-order valence-corrected chi connectivity index (χ4v) is 6.31. The normalized spacial score (nSPS) is 18.3. The van der Waals surface area contributed by atoms with Gasteiger partial charge >= 0.3 is 0 Å². The Labute approximate surface area is 293 Å². The zero-order chi connectivity index (χ0) is 33.9. The van der Waals surface area contributed by atoms with Gasteiger partial charge in [0.15, 0.2) is 0 Å². The maximum atomic E-state index is 9.91. The van der Waals surface area contributed by atoms with Gasteiger partial charge in [-0.15, -0.1) is 0 Å². The average molecular weight is 658 g/mol. The first-order valence-electron chi connectivity index (χ1n) is 20.4. The van der Waals surface area contributed by atoms with E-state index in [0.29, 0.717) is 6.54 Å². The summed E-state index contributed by atoms with van der Waals surface area (Å²) in [6.45, 7) is 10.5. The van der Waals surface area contributed by atoms with Crippen molar-refractivity contribution in [1.82, 2.24) is 4.90 Å². The van der Waals surface area contributed by atoms with Crippen molar-refractivity contribution in [2.75, 3.05) is 32.8 Å². The quantitative estimate of drug-likeness (QED) is 0.0552. The molecule has 1 aliphatic heterocycles. The Morgan fingerprint density at radius 1 is 0.511 bits per heavy atom. The van der Waals surface area contributed by atoms with Crippen LogP contribution in [0.3, 0.4) is 0 Å². The number of hydrogen-bond acceptors (Lipinski definition) is 4. The lowest BCUT2D eigenvalue weighted by Crippen LogP contribution is -2.30. The van der Waals surface area contributed by atoms with Crippen LogP contribution in [0.25, 0.3) is 0 Å². The number of β-amino-alcohol motifs (C(OH)–C–C–N with tert-alkyl or cyclic N) is 1. The van der Waals surface area contributed by atoms with Crippen LogP contribution in [0, 0.1) is 0 Å². The molecule has 274 valence electrons. The highest BCUT2D eigenvalue weighted by atomic mass is 16.5. The number of hydrogen-bond donors (Lipinski definition) is 1. The van der Waals surface area contributed by atoms with Crippen molar-refractivity contribution in [1.29, 1.82) is 0 Å². The Hall–Kier alpha value is -1.20. The van der Waals surface area contributed by atoms with E-state index in [0.717, 1.165) is 52.0 Å². The molecule has 0 aliphatic carbocycles. The van der Waals surface area contributed by atoms with Gasteiger partial charge in [-0.2, -0.15) is 0 Å². The highest BCUT2D eigenvalue weighted by Gasteiger charge is 2.34. The Kier molecular flexibility index (Phi) is 32.3.